The molecule has 66 heavy (non-hydrogen) atoms. The van der Waals surface area contributed by atoms with Gasteiger partial charge in [0.2, 0.25) is 0 Å². The number of methoxy groups -OCH3 is 2. The van der Waals surface area contributed by atoms with Crippen molar-refractivity contribution < 1.29 is 38.1 Å². The summed E-state index contributed by atoms with van der Waals surface area (Å²) in [5.74, 6) is 3.28. The van der Waals surface area contributed by atoms with Crippen molar-refractivity contribution in [2.24, 2.45) is 17.6 Å². The van der Waals surface area contributed by atoms with Crippen molar-refractivity contribution in [2.45, 2.75) is 98.5 Å². The fourth-order valence-electron chi connectivity index (χ4n) is 7.03. The van der Waals surface area contributed by atoms with Gasteiger partial charge in [-0.3, -0.25) is 10.6 Å². The van der Waals surface area contributed by atoms with E-state index in [1.54, 1.807) is 18.5 Å². The molecule has 0 fully saturated rings. The topological polar surface area (TPSA) is 192 Å². The number of carbonyl (C=O) groups excluding carboxylic acids is 3. The zero-order valence-corrected chi connectivity index (χ0v) is 41.5. The lowest BCUT2D eigenvalue weighted by Crippen LogP contribution is -2.43. The molecule has 0 saturated heterocycles. The highest BCUT2D eigenvalue weighted by molar-refractivity contribution is 5.85. The lowest BCUT2D eigenvalue weighted by molar-refractivity contribution is 0.0479. The minimum absolute atomic E-state index is 0.195. The maximum atomic E-state index is 12.4. The standard InChI is InChI=1S/C27H40N4O5.C23H34N4O3/c1-18(2)13-22(29-26(33)36-27(3,4)5)17-35-23-10-9-19(14-21(23)16-31(6)7)20-11-12-28-24(15-20)30-25(32)34-8;1-16(2)13-23(3,24)15-30-20-8-7-17(11-19(20)14-27(4)5)18-9-10-25-21(12-18)26-22(28)29-6/h9-12,14-15,18,22H,13,16-17H2,1-8H3,(H,29,33)(H,28,30,32);7-12,16H,13-15,24H2,1-6H3,(H,25,26,28)/t22-;23-/m00/s1. The number of nitrogens with one attached hydrogen (secondary N) is 3. The molecule has 0 saturated carbocycles. The number of rotatable bonds is 19. The second-order valence-electron chi connectivity index (χ2n) is 19.0. The highest BCUT2D eigenvalue weighted by atomic mass is 16.6. The highest BCUT2D eigenvalue weighted by Gasteiger charge is 2.23. The van der Waals surface area contributed by atoms with Crippen LogP contribution in [0.2, 0.25) is 0 Å². The van der Waals surface area contributed by atoms with E-state index >= 15 is 0 Å². The lowest BCUT2D eigenvalue weighted by Gasteiger charge is -2.27. The molecule has 4 rings (SSSR count). The molecule has 2 aromatic carbocycles. The molecule has 16 heteroatoms. The van der Waals surface area contributed by atoms with Crippen LogP contribution in [-0.4, -0.2) is 111 Å². The number of hydrogen-bond acceptors (Lipinski definition) is 13. The Balaban J connectivity index is 0.000000356. The number of nitrogens with zero attached hydrogens (tertiary/aromatic N) is 4. The van der Waals surface area contributed by atoms with Gasteiger partial charge in [0.05, 0.1) is 20.3 Å². The molecule has 0 aliphatic carbocycles. The summed E-state index contributed by atoms with van der Waals surface area (Å²) < 4.78 is 27.1. The second-order valence-corrected chi connectivity index (χ2v) is 19.0. The first kappa shape index (κ1) is 54.4. The zero-order chi connectivity index (χ0) is 49.2. The summed E-state index contributed by atoms with van der Waals surface area (Å²) in [5.41, 5.74) is 11.3. The molecule has 2 heterocycles. The fourth-order valence-corrected chi connectivity index (χ4v) is 7.03. The molecule has 362 valence electrons. The van der Waals surface area contributed by atoms with E-state index in [0.717, 1.165) is 64.3 Å². The van der Waals surface area contributed by atoms with Crippen LogP contribution in [0.4, 0.5) is 26.0 Å². The van der Waals surface area contributed by atoms with Crippen LogP contribution in [-0.2, 0) is 27.3 Å². The van der Waals surface area contributed by atoms with Gasteiger partial charge in [0, 0.05) is 42.1 Å². The number of benzene rings is 2. The predicted octanol–water partition coefficient (Wildman–Crippen LogP) is 9.44. The van der Waals surface area contributed by atoms with Gasteiger partial charge < -0.3 is 44.5 Å². The van der Waals surface area contributed by atoms with E-state index in [0.29, 0.717) is 43.2 Å². The monoisotopic (exact) mass is 915 g/mol. The number of anilines is 2. The smallest absolute Gasteiger partial charge is 0.412 e. The summed E-state index contributed by atoms with van der Waals surface area (Å²) in [4.78, 5) is 47.9. The number of ether oxygens (including phenoxy) is 5. The normalized spacial score (nSPS) is 12.7. The van der Waals surface area contributed by atoms with E-state index in [4.69, 9.17) is 19.9 Å². The van der Waals surface area contributed by atoms with Gasteiger partial charge in [0.25, 0.3) is 0 Å². The Hall–Kier alpha value is -5.97. The third-order valence-electron chi connectivity index (χ3n) is 9.46. The van der Waals surface area contributed by atoms with Gasteiger partial charge in [-0.1, -0.05) is 39.8 Å². The van der Waals surface area contributed by atoms with Gasteiger partial charge in [-0.2, -0.15) is 0 Å². The largest absolute Gasteiger partial charge is 0.491 e. The Morgan fingerprint density at radius 2 is 1.11 bits per heavy atom. The van der Waals surface area contributed by atoms with Gasteiger partial charge in [-0.05, 0) is 151 Å². The zero-order valence-electron chi connectivity index (χ0n) is 41.5. The second kappa shape index (κ2) is 25.7. The maximum absolute atomic E-state index is 12.4. The molecule has 0 unspecified atom stereocenters. The van der Waals surface area contributed by atoms with Crippen LogP contribution in [0, 0.1) is 11.8 Å². The third-order valence-corrected chi connectivity index (χ3v) is 9.46. The van der Waals surface area contributed by atoms with Crippen LogP contribution in [0.15, 0.2) is 73.1 Å². The Kier molecular flexibility index (Phi) is 21.1. The molecule has 0 aliphatic heterocycles. The molecule has 2 aromatic heterocycles. The molecule has 0 radical (unpaired) electrons. The number of hydrogen-bond donors (Lipinski definition) is 4. The minimum Gasteiger partial charge on any atom is -0.491 e. The summed E-state index contributed by atoms with van der Waals surface area (Å²) in [7, 11) is 10.7. The first-order chi connectivity index (χ1) is 30.9. The SMILES string of the molecule is COC(=O)Nc1cc(-c2ccc(OC[C@@](C)(N)CC(C)C)c(CN(C)C)c2)ccn1.COC(=O)Nc1cc(-c2ccc(OC[C@H](CC(C)C)NC(=O)OC(C)(C)C)c(CN(C)C)c2)ccn1. The molecule has 0 spiro atoms. The molecular weight excluding hydrogens is 841 g/mol. The quantitative estimate of drug-likeness (QED) is 0.0651. The van der Waals surface area contributed by atoms with Crippen molar-refractivity contribution >= 4 is 29.9 Å². The van der Waals surface area contributed by atoms with Crippen LogP contribution in [0.25, 0.3) is 22.3 Å². The lowest BCUT2D eigenvalue weighted by atomic mass is 9.93. The third kappa shape index (κ3) is 20.0. The van der Waals surface area contributed by atoms with Crippen LogP contribution in [0.3, 0.4) is 0 Å². The Labute approximate surface area is 392 Å². The first-order valence-corrected chi connectivity index (χ1v) is 22.2. The van der Waals surface area contributed by atoms with Gasteiger partial charge in [-0.25, -0.2) is 24.4 Å². The molecule has 5 N–H and O–H groups in total. The maximum Gasteiger partial charge on any atom is 0.412 e. The van der Waals surface area contributed by atoms with E-state index in [1.165, 1.54) is 14.2 Å². The van der Waals surface area contributed by atoms with Crippen LogP contribution in [0.1, 0.15) is 79.4 Å². The first-order valence-electron chi connectivity index (χ1n) is 22.2. The van der Waals surface area contributed by atoms with Crippen LogP contribution in [0.5, 0.6) is 11.5 Å². The minimum atomic E-state index is -0.576. The number of aromatic nitrogens is 2. The summed E-state index contributed by atoms with van der Waals surface area (Å²) in [6.07, 6.45) is 3.36. The summed E-state index contributed by atoms with van der Waals surface area (Å²) in [6.45, 7) is 18.2. The van der Waals surface area contributed by atoms with E-state index < -0.39 is 23.9 Å². The number of carbonyl (C=O) groups is 3. The van der Waals surface area contributed by atoms with E-state index in [1.807, 2.05) is 98.4 Å². The van der Waals surface area contributed by atoms with Crippen molar-refractivity contribution in [3.63, 3.8) is 0 Å². The van der Waals surface area contributed by atoms with Crippen LogP contribution < -0.4 is 31.2 Å². The van der Waals surface area contributed by atoms with Crippen molar-refractivity contribution in [3.8, 4) is 33.8 Å². The van der Waals surface area contributed by atoms with E-state index in [2.05, 4.69) is 85.0 Å². The average molecular weight is 915 g/mol. The van der Waals surface area contributed by atoms with Gasteiger partial charge in [0.15, 0.2) is 0 Å². The van der Waals surface area contributed by atoms with Crippen molar-refractivity contribution in [1.82, 2.24) is 25.1 Å². The molecule has 2 atom stereocenters. The molecule has 4 aromatic rings. The molecule has 3 amide bonds. The van der Waals surface area contributed by atoms with E-state index in [-0.39, 0.29) is 11.6 Å². The Morgan fingerprint density at radius 1 is 0.652 bits per heavy atom. The Bertz CT molecular complexity index is 2170. The summed E-state index contributed by atoms with van der Waals surface area (Å²) in [6, 6.07) is 19.2. The van der Waals surface area contributed by atoms with Crippen molar-refractivity contribution in [1.29, 1.82) is 0 Å². The number of pyridine rings is 2. The summed E-state index contributed by atoms with van der Waals surface area (Å²) in [5, 5.41) is 8.13. The molecular formula is C50H74N8O8. The average Bonchev–Trinajstić information content (AvgIpc) is 3.21. The molecule has 0 aliphatic rings. The van der Waals surface area contributed by atoms with Gasteiger partial charge in [-0.15, -0.1) is 0 Å². The van der Waals surface area contributed by atoms with Crippen LogP contribution >= 0.6 is 0 Å². The van der Waals surface area contributed by atoms with Gasteiger partial charge in [0.1, 0.15) is 41.9 Å². The Morgan fingerprint density at radius 3 is 1.52 bits per heavy atom. The number of alkyl carbamates (subject to hydrolysis) is 1. The number of amides is 3. The summed E-state index contributed by atoms with van der Waals surface area (Å²) >= 11 is 0. The highest BCUT2D eigenvalue weighted by Crippen LogP contribution is 2.31. The number of nitrogens with two attached hydrogens (primary N) is 1. The molecule has 16 nitrogen and oxygen atoms in total. The van der Waals surface area contributed by atoms with Crippen molar-refractivity contribution in [3.05, 3.63) is 84.2 Å². The van der Waals surface area contributed by atoms with Gasteiger partial charge >= 0.3 is 18.3 Å². The van der Waals surface area contributed by atoms with Crippen molar-refractivity contribution in [2.75, 3.05) is 66.3 Å². The fraction of sp³-hybridized carbons (Fsp3) is 0.500. The molecule has 0 bridgehead atoms. The predicted molar refractivity (Wildman–Crippen MR) is 262 cm³/mol. The van der Waals surface area contributed by atoms with E-state index in [9.17, 15) is 14.4 Å².